The van der Waals surface area contributed by atoms with Crippen LogP contribution in [0, 0.1) is 11.7 Å². The summed E-state index contributed by atoms with van der Waals surface area (Å²) in [6.07, 6.45) is 3.10. The van der Waals surface area contributed by atoms with E-state index < -0.39 is 37.1 Å². The maximum Gasteiger partial charge on any atom is 0.231 e. The second-order valence-corrected chi connectivity index (χ2v) is 14.8. The standard InChI is InChI=1S/C12H16NOP.C11H20O6S.C11H14O.C7H7FO.C3H6.C2H6/c1-2-3-9-8-13(12(9)14)10-4-6-11(15)7-5-10;1-6(2)4-16-18-5-8-10(14)11(15)9(13)7(3-12)17-8;1-3-9(4-2)10-6-5-7-11(12)8-10;8-7-3-1-6(5-9)2-4-7;1-3-2;1-2/h4-7,9H,2-3,8,15H2,1H3;4,7-15H,3,5H2,1-2H3;3,5-8,12H,4H2,1-2H3;1-4,9H,5H2;3H,1H2,2H3;1-2H3/b;;9-3+;;;. The van der Waals surface area contributed by atoms with Crippen LogP contribution in [0.3, 0.4) is 0 Å². The van der Waals surface area contributed by atoms with Crippen LogP contribution >= 0.6 is 21.3 Å². The number of anilines is 1. The van der Waals surface area contributed by atoms with Crippen molar-refractivity contribution in [2.45, 2.75) is 112 Å². The number of aliphatic hydroxyl groups is 5. The van der Waals surface area contributed by atoms with Gasteiger partial charge in [0.2, 0.25) is 5.91 Å². The number of allylic oxidation sites excluding steroid dienone is 4. The molecule has 0 radical (unpaired) electrons. The molecule has 330 valence electrons. The Morgan fingerprint density at radius 1 is 0.966 bits per heavy atom. The van der Waals surface area contributed by atoms with Crippen molar-refractivity contribution < 1.29 is 48.7 Å². The summed E-state index contributed by atoms with van der Waals surface area (Å²) < 4.78 is 22.6. The third-order valence-electron chi connectivity index (χ3n) is 8.48. The van der Waals surface area contributed by atoms with Gasteiger partial charge in [0, 0.05) is 12.2 Å². The van der Waals surface area contributed by atoms with Crippen molar-refractivity contribution in [1.29, 1.82) is 0 Å². The highest BCUT2D eigenvalue weighted by molar-refractivity contribution is 7.94. The fraction of sp³-hybridized carbons (Fsp3) is 0.457. The van der Waals surface area contributed by atoms with Crippen LogP contribution in [-0.4, -0.2) is 86.0 Å². The largest absolute Gasteiger partial charge is 0.508 e. The number of hydrogen-bond acceptors (Lipinski definition) is 10. The first kappa shape index (κ1) is 55.4. The van der Waals surface area contributed by atoms with Gasteiger partial charge in [-0.3, -0.25) is 4.79 Å². The highest BCUT2D eigenvalue weighted by atomic mass is 32.2. The molecule has 2 aliphatic rings. The van der Waals surface area contributed by atoms with Crippen LogP contribution in [0.2, 0.25) is 0 Å². The Hall–Kier alpha value is -3.58. The van der Waals surface area contributed by atoms with Crippen LogP contribution in [0.1, 0.15) is 85.8 Å². The van der Waals surface area contributed by atoms with Gasteiger partial charge in [0.05, 0.1) is 49.3 Å². The predicted molar refractivity (Wildman–Crippen MR) is 245 cm³/mol. The Bertz CT molecular complexity index is 1640. The molecular weight excluding hydrogens is 793 g/mol. The smallest absolute Gasteiger partial charge is 0.231 e. The maximum absolute atomic E-state index is 12.1. The molecule has 10 nitrogen and oxygen atoms in total. The maximum atomic E-state index is 12.1. The minimum absolute atomic E-state index is 0.0275. The summed E-state index contributed by atoms with van der Waals surface area (Å²) in [6, 6.07) is 21.1. The fourth-order valence-electron chi connectivity index (χ4n) is 5.37. The topological polar surface area (TPSA) is 160 Å². The number of ether oxygens (including phenoxy) is 1. The average Bonchev–Trinajstić information content (AvgIpc) is 3.23. The Labute approximate surface area is 358 Å². The van der Waals surface area contributed by atoms with Crippen LogP contribution in [-0.2, 0) is 20.3 Å². The molecule has 6 N–H and O–H groups in total. The molecule has 7 unspecified atom stereocenters. The highest BCUT2D eigenvalue weighted by Gasteiger charge is 2.43. The van der Waals surface area contributed by atoms with E-state index in [-0.39, 0.29) is 30.0 Å². The summed E-state index contributed by atoms with van der Waals surface area (Å²) in [5, 5.41) is 56.7. The van der Waals surface area contributed by atoms with Gasteiger partial charge in [0.25, 0.3) is 0 Å². The molecule has 1 amide bonds. The van der Waals surface area contributed by atoms with Crippen LogP contribution in [0.15, 0.2) is 103 Å². The number of aromatic hydroxyl groups is 1. The third-order valence-corrected chi connectivity index (χ3v) is 9.56. The van der Waals surface area contributed by atoms with Gasteiger partial charge in [-0.2, -0.15) is 0 Å². The molecule has 0 aliphatic carbocycles. The van der Waals surface area contributed by atoms with Crippen LogP contribution < -0.4 is 10.2 Å². The number of hydrogen-bond donors (Lipinski definition) is 6. The molecule has 59 heavy (non-hydrogen) atoms. The van der Waals surface area contributed by atoms with Crippen LogP contribution in [0.5, 0.6) is 5.75 Å². The number of aliphatic hydroxyl groups excluding tert-OH is 5. The Morgan fingerprint density at radius 3 is 2.03 bits per heavy atom. The highest BCUT2D eigenvalue weighted by Crippen LogP contribution is 2.28. The van der Waals surface area contributed by atoms with E-state index in [1.54, 1.807) is 36.6 Å². The SMILES string of the molecule is C/C=C(\CC)c1cccc(O)c1.C=CC.CC.CC(C)=COSCC1OC(CO)C(O)C(O)C1O.CCCC1CN(c2ccc(P)cc2)C1=O.OCc1ccc(F)cc1. The average molecular weight is 862 g/mol. The van der Waals surface area contributed by atoms with Gasteiger partial charge in [-0.05, 0) is 105 Å². The lowest BCUT2D eigenvalue weighted by Gasteiger charge is -2.39. The molecular formula is C46H69FNO9PS. The lowest BCUT2D eigenvalue weighted by molar-refractivity contribution is -0.223. The van der Waals surface area contributed by atoms with E-state index in [1.807, 2.05) is 82.8 Å². The number of halogens is 1. The molecule has 13 heteroatoms. The molecule has 0 bridgehead atoms. The first-order valence-electron chi connectivity index (χ1n) is 20.0. The van der Waals surface area contributed by atoms with E-state index in [4.69, 9.17) is 19.1 Å². The number of carbonyl (C=O) groups excluding carboxylic acids is 1. The second-order valence-electron chi connectivity index (χ2n) is 13.4. The van der Waals surface area contributed by atoms with E-state index in [1.165, 1.54) is 17.7 Å². The molecule has 5 rings (SSSR count). The molecule has 3 aromatic rings. The summed E-state index contributed by atoms with van der Waals surface area (Å²) in [7, 11) is 2.65. The predicted octanol–water partition coefficient (Wildman–Crippen LogP) is 8.11. The van der Waals surface area contributed by atoms with Crippen LogP contribution in [0.4, 0.5) is 10.1 Å². The van der Waals surface area contributed by atoms with Gasteiger partial charge in [-0.25, -0.2) is 4.39 Å². The molecule has 7 atom stereocenters. The number of rotatable bonds is 11. The van der Waals surface area contributed by atoms with E-state index in [2.05, 4.69) is 35.7 Å². The van der Waals surface area contributed by atoms with Gasteiger partial charge < -0.3 is 44.5 Å². The zero-order valence-corrected chi connectivity index (χ0v) is 38.0. The monoisotopic (exact) mass is 861 g/mol. The molecule has 3 aromatic carbocycles. The van der Waals surface area contributed by atoms with Crippen molar-refractivity contribution in [2.24, 2.45) is 5.92 Å². The second kappa shape index (κ2) is 32.2. The Morgan fingerprint density at radius 2 is 1.56 bits per heavy atom. The third kappa shape index (κ3) is 21.0. The molecule has 2 saturated heterocycles. The zero-order valence-electron chi connectivity index (χ0n) is 36.0. The number of nitrogens with zero attached hydrogens (tertiary/aromatic N) is 1. The quantitative estimate of drug-likeness (QED) is 0.0278. The van der Waals surface area contributed by atoms with Crippen molar-refractivity contribution in [1.82, 2.24) is 0 Å². The van der Waals surface area contributed by atoms with Gasteiger partial charge in [-0.1, -0.05) is 82.7 Å². The van der Waals surface area contributed by atoms with E-state index in [0.717, 1.165) is 65.5 Å². The van der Waals surface area contributed by atoms with Crippen molar-refractivity contribution in [3.8, 4) is 5.75 Å². The zero-order chi connectivity index (χ0) is 44.9. The van der Waals surface area contributed by atoms with Gasteiger partial charge in [0.1, 0.15) is 36.0 Å². The molecule has 2 heterocycles. The number of benzene rings is 3. The summed E-state index contributed by atoms with van der Waals surface area (Å²) in [5.41, 5.74) is 5.14. The molecule has 2 fully saturated rings. The Balaban J connectivity index is 0.000000749. The van der Waals surface area contributed by atoms with Gasteiger partial charge in [0.15, 0.2) is 0 Å². The minimum atomic E-state index is -1.33. The van der Waals surface area contributed by atoms with Crippen molar-refractivity contribution in [2.75, 3.05) is 23.8 Å². The van der Waals surface area contributed by atoms with E-state index in [9.17, 15) is 29.6 Å². The van der Waals surface area contributed by atoms with Crippen LogP contribution in [0.25, 0.3) is 5.57 Å². The number of carbonyl (C=O) groups is 1. The summed E-state index contributed by atoms with van der Waals surface area (Å²) in [6.45, 7) is 19.7. The van der Waals surface area contributed by atoms with Crippen molar-refractivity contribution in [3.05, 3.63) is 120 Å². The summed E-state index contributed by atoms with van der Waals surface area (Å²) >= 11 is 1.07. The van der Waals surface area contributed by atoms with E-state index >= 15 is 0 Å². The van der Waals surface area contributed by atoms with E-state index in [0.29, 0.717) is 5.75 Å². The normalized spacial score (nSPS) is 20.4. The summed E-state index contributed by atoms with van der Waals surface area (Å²) in [5.74, 6) is 0.900. The fourth-order valence-corrected chi connectivity index (χ4v) is 6.31. The molecule has 0 spiro atoms. The molecule has 0 saturated carbocycles. The van der Waals surface area contributed by atoms with Crippen molar-refractivity contribution >= 4 is 43.8 Å². The Kier molecular flexibility index (Phi) is 30.3. The lowest BCUT2D eigenvalue weighted by Crippen LogP contribution is -2.59. The number of β-lactam (4-membered cyclic amide) rings is 1. The molecule has 0 aromatic heterocycles. The number of phenolic OH excluding ortho intramolecular Hbond substituents is 1. The first-order valence-corrected chi connectivity index (χ1v) is 21.5. The van der Waals surface area contributed by atoms with Crippen molar-refractivity contribution in [3.63, 3.8) is 0 Å². The summed E-state index contributed by atoms with van der Waals surface area (Å²) in [4.78, 5) is 13.6. The number of amides is 1. The lowest BCUT2D eigenvalue weighted by atomic mass is 9.93. The van der Waals surface area contributed by atoms with Gasteiger partial charge in [-0.15, -0.1) is 15.8 Å². The first-order chi connectivity index (χ1) is 28.2. The molecule has 2 aliphatic heterocycles. The van der Waals surface area contributed by atoms with Gasteiger partial charge >= 0.3 is 0 Å². The number of phenols is 1. The minimum Gasteiger partial charge on any atom is -0.508 e.